The van der Waals surface area contributed by atoms with E-state index >= 15 is 0 Å². The van der Waals surface area contributed by atoms with Gasteiger partial charge in [-0.3, -0.25) is 9.59 Å². The van der Waals surface area contributed by atoms with Crippen molar-refractivity contribution >= 4 is 29.4 Å². The van der Waals surface area contributed by atoms with E-state index in [9.17, 15) is 14.4 Å². The Balaban J connectivity index is 1.90. The first-order chi connectivity index (χ1) is 15.1. The Morgan fingerprint density at radius 1 is 1.03 bits per heavy atom. The fraction of sp³-hybridized carbons (Fsp3) is 0.400. The zero-order valence-electron chi connectivity index (χ0n) is 19.3. The Kier molecular flexibility index (Phi) is 9.32. The second kappa shape index (κ2) is 11.7. The van der Waals surface area contributed by atoms with Crippen molar-refractivity contribution in [3.8, 4) is 5.75 Å². The van der Waals surface area contributed by atoms with Gasteiger partial charge in [-0.1, -0.05) is 45.0 Å². The highest BCUT2D eigenvalue weighted by molar-refractivity contribution is 8.00. The number of esters is 1. The molecule has 0 spiro atoms. The molecule has 1 atom stereocenters. The number of nitrogens with one attached hydrogen (secondary N) is 1. The number of benzene rings is 2. The van der Waals surface area contributed by atoms with Crippen molar-refractivity contribution in [1.29, 1.82) is 0 Å². The molecule has 7 heteroatoms. The van der Waals surface area contributed by atoms with E-state index in [0.717, 1.165) is 11.3 Å². The number of amides is 1. The van der Waals surface area contributed by atoms with Gasteiger partial charge in [0.1, 0.15) is 5.75 Å². The zero-order chi connectivity index (χ0) is 23.7. The molecule has 0 aliphatic carbocycles. The molecule has 0 radical (unpaired) electrons. The number of Topliss-reactive ketones (excluding diaryl/α,β-unsaturated/α-hetero) is 1. The van der Waals surface area contributed by atoms with Gasteiger partial charge in [-0.05, 0) is 43.2 Å². The fourth-order valence-corrected chi connectivity index (χ4v) is 3.68. The van der Waals surface area contributed by atoms with Crippen LogP contribution < -0.4 is 10.1 Å². The Morgan fingerprint density at radius 2 is 1.69 bits per heavy atom. The third-order valence-electron chi connectivity index (χ3n) is 4.82. The number of methoxy groups -OCH3 is 1. The highest BCUT2D eigenvalue weighted by atomic mass is 32.2. The van der Waals surface area contributed by atoms with Gasteiger partial charge in [0.2, 0.25) is 5.91 Å². The van der Waals surface area contributed by atoms with Gasteiger partial charge >= 0.3 is 5.97 Å². The summed E-state index contributed by atoms with van der Waals surface area (Å²) >= 11 is 1.28. The van der Waals surface area contributed by atoms with Crippen molar-refractivity contribution < 1.29 is 23.9 Å². The van der Waals surface area contributed by atoms with Crippen LogP contribution in [0.3, 0.4) is 0 Å². The zero-order valence-corrected chi connectivity index (χ0v) is 20.1. The second-order valence-corrected chi connectivity index (χ2v) is 9.78. The molecule has 0 bridgehead atoms. The molecule has 1 unspecified atom stereocenters. The van der Waals surface area contributed by atoms with E-state index in [2.05, 4.69) is 5.32 Å². The summed E-state index contributed by atoms with van der Waals surface area (Å²) in [5.74, 6) is -0.0456. The van der Waals surface area contributed by atoms with E-state index in [-0.39, 0.29) is 18.3 Å². The molecule has 1 amide bonds. The van der Waals surface area contributed by atoms with Gasteiger partial charge in [0.25, 0.3) is 0 Å². The van der Waals surface area contributed by atoms with Gasteiger partial charge in [0, 0.05) is 16.9 Å². The van der Waals surface area contributed by atoms with Crippen LogP contribution in [0.15, 0.2) is 53.4 Å². The number of carbonyl (C=O) groups excluding carboxylic acids is 3. The molecule has 0 aromatic heterocycles. The minimum atomic E-state index is -0.576. The molecule has 0 saturated heterocycles. The lowest BCUT2D eigenvalue weighted by molar-refractivity contribution is -0.129. The normalized spacial score (nSPS) is 12.0. The van der Waals surface area contributed by atoms with Gasteiger partial charge in [0.15, 0.2) is 12.4 Å². The highest BCUT2D eigenvalue weighted by Crippen LogP contribution is 2.28. The lowest BCUT2D eigenvalue weighted by Crippen LogP contribution is -2.32. The quantitative estimate of drug-likeness (QED) is 0.423. The predicted molar refractivity (Wildman–Crippen MR) is 126 cm³/mol. The molecule has 2 aromatic rings. The van der Waals surface area contributed by atoms with Crippen LogP contribution in [0.2, 0.25) is 0 Å². The number of carbonyl (C=O) groups is 3. The van der Waals surface area contributed by atoms with Crippen LogP contribution in [0.25, 0.3) is 0 Å². The lowest BCUT2D eigenvalue weighted by atomic mass is 9.91. The van der Waals surface area contributed by atoms with Gasteiger partial charge in [-0.15, -0.1) is 11.8 Å². The first-order valence-corrected chi connectivity index (χ1v) is 11.4. The van der Waals surface area contributed by atoms with Crippen molar-refractivity contribution in [1.82, 2.24) is 5.32 Å². The SMILES string of the molecule is COc1ccc(CCNC(=O)C(C)Sc2ccccc2C(=O)OCC(=O)C(C)(C)C)cc1. The van der Waals surface area contributed by atoms with Crippen LogP contribution in [0, 0.1) is 5.41 Å². The molecule has 0 aliphatic rings. The molecular formula is C25H31NO5S. The number of hydrogen-bond acceptors (Lipinski definition) is 6. The summed E-state index contributed by atoms with van der Waals surface area (Å²) in [7, 11) is 1.62. The molecule has 1 N–H and O–H groups in total. The van der Waals surface area contributed by atoms with E-state index < -0.39 is 16.6 Å². The topological polar surface area (TPSA) is 81.7 Å². The minimum absolute atomic E-state index is 0.116. The summed E-state index contributed by atoms with van der Waals surface area (Å²) in [4.78, 5) is 37.7. The van der Waals surface area contributed by atoms with E-state index in [1.54, 1.807) is 59.1 Å². The average Bonchev–Trinajstić information content (AvgIpc) is 2.77. The number of rotatable bonds is 10. The van der Waals surface area contributed by atoms with Crippen LogP contribution in [-0.4, -0.2) is 43.2 Å². The lowest BCUT2D eigenvalue weighted by Gasteiger charge is -2.17. The van der Waals surface area contributed by atoms with Crippen molar-refractivity contribution in [3.05, 3.63) is 59.7 Å². The Hall–Kier alpha value is -2.80. The highest BCUT2D eigenvalue weighted by Gasteiger charge is 2.24. The van der Waals surface area contributed by atoms with Crippen LogP contribution in [0.4, 0.5) is 0 Å². The maximum atomic E-state index is 12.5. The number of thioether (sulfide) groups is 1. The number of ether oxygens (including phenoxy) is 2. The van der Waals surface area contributed by atoms with Crippen LogP contribution >= 0.6 is 11.8 Å². The van der Waals surface area contributed by atoms with Gasteiger partial charge < -0.3 is 14.8 Å². The monoisotopic (exact) mass is 457 g/mol. The average molecular weight is 458 g/mol. The molecule has 2 rings (SSSR count). The molecule has 2 aromatic carbocycles. The number of ketones is 1. The standard InChI is InChI=1S/C25H31NO5S/c1-17(23(28)26-15-14-18-10-12-19(30-5)13-11-18)32-21-9-7-6-8-20(21)24(29)31-16-22(27)25(2,3)4/h6-13,17H,14-16H2,1-5H3,(H,26,28). The Morgan fingerprint density at radius 3 is 2.31 bits per heavy atom. The first kappa shape index (κ1) is 25.5. The van der Waals surface area contributed by atoms with E-state index in [0.29, 0.717) is 23.4 Å². The maximum absolute atomic E-state index is 12.5. The Labute approximate surface area is 194 Å². The molecule has 0 fully saturated rings. The largest absolute Gasteiger partial charge is 0.497 e. The van der Waals surface area contributed by atoms with Gasteiger partial charge in [-0.25, -0.2) is 4.79 Å². The number of hydrogen-bond donors (Lipinski definition) is 1. The Bertz CT molecular complexity index is 934. The maximum Gasteiger partial charge on any atom is 0.339 e. The molecule has 6 nitrogen and oxygen atoms in total. The van der Waals surface area contributed by atoms with E-state index in [1.807, 2.05) is 24.3 Å². The molecule has 0 saturated carbocycles. The van der Waals surface area contributed by atoms with Gasteiger partial charge in [-0.2, -0.15) is 0 Å². The first-order valence-electron chi connectivity index (χ1n) is 10.5. The summed E-state index contributed by atoms with van der Waals surface area (Å²) in [6.45, 7) is 7.36. The molecule has 0 heterocycles. The third kappa shape index (κ3) is 7.71. The molecular weight excluding hydrogens is 426 g/mol. The smallest absolute Gasteiger partial charge is 0.339 e. The van der Waals surface area contributed by atoms with Crippen LogP contribution in [0.1, 0.15) is 43.6 Å². The molecule has 172 valence electrons. The molecule has 0 aliphatic heterocycles. The van der Waals surface area contributed by atoms with Crippen molar-refractivity contribution in [2.75, 3.05) is 20.3 Å². The summed E-state index contributed by atoms with van der Waals surface area (Å²) in [5, 5.41) is 2.53. The van der Waals surface area contributed by atoms with Crippen molar-refractivity contribution in [3.63, 3.8) is 0 Å². The van der Waals surface area contributed by atoms with E-state index in [4.69, 9.17) is 9.47 Å². The van der Waals surface area contributed by atoms with Crippen LogP contribution in [-0.2, 0) is 20.7 Å². The predicted octanol–water partition coefficient (Wildman–Crippen LogP) is 4.31. The summed E-state index contributed by atoms with van der Waals surface area (Å²) < 4.78 is 10.4. The summed E-state index contributed by atoms with van der Waals surface area (Å²) in [6, 6.07) is 14.7. The van der Waals surface area contributed by atoms with Crippen molar-refractivity contribution in [2.24, 2.45) is 5.41 Å². The van der Waals surface area contributed by atoms with E-state index in [1.165, 1.54) is 11.8 Å². The van der Waals surface area contributed by atoms with Gasteiger partial charge in [0.05, 0.1) is 17.9 Å². The van der Waals surface area contributed by atoms with Crippen LogP contribution in [0.5, 0.6) is 5.75 Å². The third-order valence-corrected chi connectivity index (χ3v) is 6.00. The summed E-state index contributed by atoms with van der Waals surface area (Å²) in [6.07, 6.45) is 0.706. The summed E-state index contributed by atoms with van der Waals surface area (Å²) in [5.41, 5.74) is 0.869. The van der Waals surface area contributed by atoms with Crippen molar-refractivity contribution in [2.45, 2.75) is 44.3 Å². The molecule has 32 heavy (non-hydrogen) atoms. The minimum Gasteiger partial charge on any atom is -0.497 e. The fourth-order valence-electron chi connectivity index (χ4n) is 2.67. The second-order valence-electron chi connectivity index (χ2n) is 8.39.